The molecular weight excluding hydrogens is 582 g/mol. The minimum atomic E-state index is -1.94. The van der Waals surface area contributed by atoms with Gasteiger partial charge in [0, 0.05) is 25.2 Å². The fraction of sp³-hybridized carbons (Fsp3) is 0.280. The molecule has 0 aliphatic carbocycles. The second kappa shape index (κ2) is 12.0. The number of carbonyl (C=O) groups is 6. The number of imide groups is 1. The molecule has 2 unspecified atom stereocenters. The maximum absolute atomic E-state index is 15.3. The lowest BCUT2D eigenvalue weighted by Gasteiger charge is -2.33. The van der Waals surface area contributed by atoms with Crippen molar-refractivity contribution in [1.82, 2.24) is 20.4 Å². The molecule has 0 bridgehead atoms. The number of halogens is 2. The van der Waals surface area contributed by atoms with E-state index in [1.807, 2.05) is 0 Å². The molecular formula is C25H23BClFN4O10. The third kappa shape index (κ3) is 5.71. The van der Waals surface area contributed by atoms with Crippen LogP contribution in [0.1, 0.15) is 44.8 Å². The summed E-state index contributed by atoms with van der Waals surface area (Å²) in [6.45, 7) is 1.65. The topological polar surface area (TPSA) is 203 Å². The highest BCUT2D eigenvalue weighted by molar-refractivity contribution is 6.47. The Bertz CT molecular complexity index is 1510. The number of carboxylic acids is 2. The first-order chi connectivity index (χ1) is 19.8. The molecule has 2 aromatic rings. The van der Waals surface area contributed by atoms with E-state index >= 15 is 4.39 Å². The van der Waals surface area contributed by atoms with Crippen LogP contribution in [-0.2, 0) is 20.8 Å². The summed E-state index contributed by atoms with van der Waals surface area (Å²) in [5.41, 5.74) is -1.11. The molecule has 42 heavy (non-hydrogen) atoms. The summed E-state index contributed by atoms with van der Waals surface area (Å²) < 4.78 is 20.7. The minimum Gasteiger partial charge on any atom is -0.534 e. The number of likely N-dealkylation sites (N-methyl/N-ethyl adjacent to an activating group) is 1. The van der Waals surface area contributed by atoms with E-state index in [-0.39, 0.29) is 37.4 Å². The molecule has 14 nitrogen and oxygen atoms in total. The summed E-state index contributed by atoms with van der Waals surface area (Å²) in [4.78, 5) is 76.1. The zero-order chi connectivity index (χ0) is 30.9. The van der Waals surface area contributed by atoms with Crippen LogP contribution in [0.4, 0.5) is 9.18 Å². The van der Waals surface area contributed by atoms with Crippen molar-refractivity contribution in [2.45, 2.75) is 25.3 Å². The third-order valence-electron chi connectivity index (χ3n) is 6.80. The number of piperazine rings is 1. The Morgan fingerprint density at radius 3 is 2.43 bits per heavy atom. The van der Waals surface area contributed by atoms with Crippen molar-refractivity contribution in [1.29, 1.82) is 0 Å². The number of carbonyl (C=O) groups excluding carboxylic acids is 4. The first kappa shape index (κ1) is 30.3. The fourth-order valence-electron chi connectivity index (χ4n) is 4.59. The number of hydrogen-bond donors (Lipinski definition) is 5. The van der Waals surface area contributed by atoms with Gasteiger partial charge in [-0.3, -0.25) is 19.3 Å². The van der Waals surface area contributed by atoms with Gasteiger partial charge in [-0.25, -0.2) is 18.8 Å². The Balaban J connectivity index is 1.64. The van der Waals surface area contributed by atoms with Gasteiger partial charge in [0.2, 0.25) is 5.91 Å². The van der Waals surface area contributed by atoms with E-state index in [0.29, 0.717) is 10.5 Å². The van der Waals surface area contributed by atoms with Gasteiger partial charge < -0.3 is 35.4 Å². The van der Waals surface area contributed by atoms with E-state index in [1.165, 1.54) is 23.1 Å². The van der Waals surface area contributed by atoms with Crippen molar-refractivity contribution in [2.24, 2.45) is 0 Å². The van der Waals surface area contributed by atoms with E-state index in [1.54, 1.807) is 6.92 Å². The Morgan fingerprint density at radius 2 is 1.79 bits per heavy atom. The molecule has 1 saturated heterocycles. The molecule has 5 amide bonds. The molecule has 2 aliphatic rings. The molecule has 2 atom stereocenters. The zero-order valence-corrected chi connectivity index (χ0v) is 22.6. The number of carboxylic acid groups (broad SMARTS) is 2. The van der Waals surface area contributed by atoms with Crippen LogP contribution in [0.3, 0.4) is 0 Å². The predicted molar refractivity (Wildman–Crippen MR) is 141 cm³/mol. The number of para-hydroxylation sites is 1. The highest BCUT2D eigenvalue weighted by Gasteiger charge is 2.41. The SMILES string of the molecule is CCN1CCN(C(=O)NC(C(=O)NC2Cc3cccc(C(=O)O)c3OB2O)c2ccc(C(=O)O)c(Cl)c2F)C(=O)C1=O. The molecule has 4 rings (SSSR count). The maximum atomic E-state index is 15.3. The van der Waals surface area contributed by atoms with Crippen LogP contribution in [-0.4, -0.2) is 93.4 Å². The van der Waals surface area contributed by atoms with Gasteiger partial charge in [0.05, 0.1) is 22.1 Å². The van der Waals surface area contributed by atoms with Crippen molar-refractivity contribution in [2.75, 3.05) is 19.6 Å². The number of rotatable bonds is 7. The zero-order valence-electron chi connectivity index (χ0n) is 21.8. The molecule has 0 saturated carbocycles. The second-order valence-corrected chi connectivity index (χ2v) is 9.66. The maximum Gasteiger partial charge on any atom is 0.547 e. The van der Waals surface area contributed by atoms with E-state index in [4.69, 9.17) is 16.3 Å². The second-order valence-electron chi connectivity index (χ2n) is 9.29. The molecule has 5 N–H and O–H groups in total. The smallest absolute Gasteiger partial charge is 0.534 e. The Morgan fingerprint density at radius 1 is 1.10 bits per heavy atom. The van der Waals surface area contributed by atoms with Gasteiger partial charge in [-0.2, -0.15) is 0 Å². The van der Waals surface area contributed by atoms with E-state index < -0.39 is 76.8 Å². The fourth-order valence-corrected chi connectivity index (χ4v) is 4.84. The Hall–Kier alpha value is -4.70. The summed E-state index contributed by atoms with van der Waals surface area (Å²) >= 11 is 5.89. The average Bonchev–Trinajstić information content (AvgIpc) is 2.94. The van der Waals surface area contributed by atoms with Gasteiger partial charge in [-0.15, -0.1) is 0 Å². The van der Waals surface area contributed by atoms with Crippen LogP contribution < -0.4 is 15.3 Å². The largest absolute Gasteiger partial charge is 0.547 e. The molecule has 0 aromatic heterocycles. The minimum absolute atomic E-state index is 0.0161. The van der Waals surface area contributed by atoms with Gasteiger partial charge in [0.25, 0.3) is 0 Å². The van der Waals surface area contributed by atoms with Crippen LogP contribution in [0.2, 0.25) is 5.02 Å². The van der Waals surface area contributed by atoms with Gasteiger partial charge in [0.1, 0.15) is 17.6 Å². The van der Waals surface area contributed by atoms with Crippen molar-refractivity contribution in [3.63, 3.8) is 0 Å². The van der Waals surface area contributed by atoms with Crippen LogP contribution in [0.15, 0.2) is 30.3 Å². The first-order valence-electron chi connectivity index (χ1n) is 12.5. The monoisotopic (exact) mass is 604 g/mol. The number of urea groups is 1. The Kier molecular flexibility index (Phi) is 8.68. The summed E-state index contributed by atoms with van der Waals surface area (Å²) in [7, 11) is -1.76. The van der Waals surface area contributed by atoms with Gasteiger partial charge in [0.15, 0.2) is 0 Å². The van der Waals surface area contributed by atoms with Crippen LogP contribution in [0.5, 0.6) is 5.75 Å². The van der Waals surface area contributed by atoms with Crippen molar-refractivity contribution < 1.29 is 53.0 Å². The average molecular weight is 605 g/mol. The number of hydrogen-bond acceptors (Lipinski definition) is 8. The lowest BCUT2D eigenvalue weighted by atomic mass is 9.72. The highest BCUT2D eigenvalue weighted by atomic mass is 35.5. The van der Waals surface area contributed by atoms with Crippen LogP contribution in [0.25, 0.3) is 0 Å². The van der Waals surface area contributed by atoms with E-state index in [2.05, 4.69) is 10.6 Å². The quantitative estimate of drug-likeness (QED) is 0.218. The molecule has 17 heteroatoms. The van der Waals surface area contributed by atoms with Crippen LogP contribution in [0, 0.1) is 5.82 Å². The van der Waals surface area contributed by atoms with E-state index in [0.717, 1.165) is 12.1 Å². The van der Waals surface area contributed by atoms with Gasteiger partial charge >= 0.3 is 36.9 Å². The summed E-state index contributed by atoms with van der Waals surface area (Å²) in [6.07, 6.45) is -0.128. The van der Waals surface area contributed by atoms with Crippen molar-refractivity contribution >= 4 is 54.4 Å². The number of nitrogens with zero attached hydrogens (tertiary/aromatic N) is 2. The number of benzene rings is 2. The normalized spacial score (nSPS) is 17.2. The van der Waals surface area contributed by atoms with Gasteiger partial charge in [-0.1, -0.05) is 29.8 Å². The number of amides is 5. The standard InChI is InChI=1S/C25H23BClFN4O10/c1-2-31-8-9-32(22(35)21(31)34)25(40)30-18(13-7-6-12(23(36)37)16(27)17(13)28)20(33)29-15-10-11-4-3-5-14(24(38)39)19(11)42-26(15)41/h3-7,15,18,41H,2,8-10H2,1H3,(H,29,33)(H,30,40)(H,36,37)(H,38,39). The molecule has 1 fully saturated rings. The lowest BCUT2D eigenvalue weighted by molar-refractivity contribution is -0.153. The molecule has 0 radical (unpaired) electrons. The summed E-state index contributed by atoms with van der Waals surface area (Å²) in [5, 5.41) is 32.9. The van der Waals surface area contributed by atoms with Crippen molar-refractivity contribution in [3.8, 4) is 5.75 Å². The molecule has 0 spiro atoms. The predicted octanol–water partition coefficient (Wildman–Crippen LogP) is 0.457. The van der Waals surface area contributed by atoms with E-state index in [9.17, 15) is 44.0 Å². The molecule has 2 heterocycles. The molecule has 2 aliphatic heterocycles. The first-order valence-corrected chi connectivity index (χ1v) is 12.9. The third-order valence-corrected chi connectivity index (χ3v) is 7.17. The summed E-state index contributed by atoms with van der Waals surface area (Å²) in [5.74, 6) is -8.82. The van der Waals surface area contributed by atoms with Gasteiger partial charge in [-0.05, 0) is 31.0 Å². The van der Waals surface area contributed by atoms with Crippen molar-refractivity contribution in [3.05, 3.63) is 63.4 Å². The Labute approximate surface area is 242 Å². The lowest BCUT2D eigenvalue weighted by Crippen LogP contribution is -2.60. The summed E-state index contributed by atoms with van der Waals surface area (Å²) in [6, 6.07) is 2.85. The number of aromatic carboxylic acids is 2. The highest BCUT2D eigenvalue weighted by Crippen LogP contribution is 2.31. The number of fused-ring (bicyclic) bond motifs is 1. The molecule has 220 valence electrons. The van der Waals surface area contributed by atoms with Crippen LogP contribution >= 0.6 is 11.6 Å². The molecule has 2 aromatic carbocycles. The number of nitrogens with one attached hydrogen (secondary N) is 2.